The Labute approximate surface area is 106 Å². The summed E-state index contributed by atoms with van der Waals surface area (Å²) >= 11 is 0. The van der Waals surface area contributed by atoms with Crippen molar-refractivity contribution in [3.05, 3.63) is 24.0 Å². The molecule has 1 aromatic heterocycles. The molecule has 0 aliphatic heterocycles. The van der Waals surface area contributed by atoms with E-state index in [2.05, 4.69) is 15.0 Å². The molecule has 0 saturated carbocycles. The number of nitrogen functional groups attached to an aromatic ring is 1. The Hall–Kier alpha value is -2.11. The maximum absolute atomic E-state index is 11.5. The van der Waals surface area contributed by atoms with Crippen molar-refractivity contribution in [3.63, 3.8) is 0 Å². The highest BCUT2D eigenvalue weighted by atomic mass is 16.5. The number of ether oxygens (including phenoxy) is 1. The van der Waals surface area contributed by atoms with E-state index in [0.29, 0.717) is 30.8 Å². The first-order valence-electron chi connectivity index (χ1n) is 5.65. The number of carbonyl (C=O) groups excluding carboxylic acids is 2. The third-order valence-corrected chi connectivity index (χ3v) is 2.30. The maximum Gasteiger partial charge on any atom is 0.305 e. The van der Waals surface area contributed by atoms with Gasteiger partial charge in [0.2, 0.25) is 5.91 Å². The number of nitrogens with one attached hydrogen (secondary N) is 1. The molecule has 6 nitrogen and oxygen atoms in total. The standard InChI is InChI=1S/C12H17N3O3/c1-18-12(17)3-2-6-14-11(16)7-10-5-4-9(13)8-15-10/h4-5,8H,2-3,6-7,13H2,1H3,(H,14,16). The van der Waals surface area contributed by atoms with E-state index in [4.69, 9.17) is 5.73 Å². The zero-order valence-electron chi connectivity index (χ0n) is 10.3. The summed E-state index contributed by atoms with van der Waals surface area (Å²) in [5, 5.41) is 2.71. The lowest BCUT2D eigenvalue weighted by Gasteiger charge is -2.04. The lowest BCUT2D eigenvalue weighted by atomic mass is 10.2. The fourth-order valence-electron chi connectivity index (χ4n) is 1.33. The fraction of sp³-hybridized carbons (Fsp3) is 0.417. The molecule has 18 heavy (non-hydrogen) atoms. The molecule has 0 unspecified atom stereocenters. The Morgan fingerprint density at radius 1 is 1.44 bits per heavy atom. The van der Waals surface area contributed by atoms with Gasteiger partial charge in [-0.15, -0.1) is 0 Å². The minimum absolute atomic E-state index is 0.128. The number of hydrogen-bond acceptors (Lipinski definition) is 5. The number of carbonyl (C=O) groups is 2. The van der Waals surface area contributed by atoms with Crippen LogP contribution in [0.5, 0.6) is 0 Å². The van der Waals surface area contributed by atoms with E-state index < -0.39 is 0 Å². The van der Waals surface area contributed by atoms with Crippen molar-refractivity contribution >= 4 is 17.6 Å². The first kappa shape index (κ1) is 14.0. The molecule has 0 fully saturated rings. The summed E-state index contributed by atoms with van der Waals surface area (Å²) < 4.78 is 4.49. The van der Waals surface area contributed by atoms with E-state index in [0.717, 1.165) is 0 Å². The zero-order valence-corrected chi connectivity index (χ0v) is 10.3. The maximum atomic E-state index is 11.5. The molecule has 1 aromatic rings. The van der Waals surface area contributed by atoms with Crippen molar-refractivity contribution in [2.75, 3.05) is 19.4 Å². The Kier molecular flexibility index (Phi) is 5.63. The molecule has 0 saturated heterocycles. The quantitative estimate of drug-likeness (QED) is 0.559. The van der Waals surface area contributed by atoms with Crippen LogP contribution < -0.4 is 11.1 Å². The number of pyridine rings is 1. The van der Waals surface area contributed by atoms with E-state index in [1.54, 1.807) is 12.1 Å². The molecule has 0 atom stereocenters. The summed E-state index contributed by atoms with van der Waals surface area (Å²) in [6.45, 7) is 0.447. The van der Waals surface area contributed by atoms with Crippen molar-refractivity contribution in [1.29, 1.82) is 0 Å². The van der Waals surface area contributed by atoms with Crippen LogP contribution in [0.4, 0.5) is 5.69 Å². The molecule has 1 heterocycles. The summed E-state index contributed by atoms with van der Waals surface area (Å²) in [6.07, 6.45) is 2.59. The molecule has 1 amide bonds. The SMILES string of the molecule is COC(=O)CCCNC(=O)Cc1ccc(N)cn1. The number of amides is 1. The predicted octanol–water partition coefficient (Wildman–Crippen LogP) is 0.276. The van der Waals surface area contributed by atoms with Gasteiger partial charge in [0.1, 0.15) is 0 Å². The van der Waals surface area contributed by atoms with Crippen LogP contribution in [-0.4, -0.2) is 30.5 Å². The number of nitrogens with two attached hydrogens (primary N) is 1. The van der Waals surface area contributed by atoms with Crippen LogP contribution in [0.2, 0.25) is 0 Å². The molecule has 0 aliphatic rings. The highest BCUT2D eigenvalue weighted by molar-refractivity contribution is 5.78. The second kappa shape index (κ2) is 7.26. The highest BCUT2D eigenvalue weighted by Gasteiger charge is 2.05. The van der Waals surface area contributed by atoms with Gasteiger partial charge in [0.15, 0.2) is 0 Å². The number of hydrogen-bond donors (Lipinski definition) is 2. The third-order valence-electron chi connectivity index (χ3n) is 2.30. The van der Waals surface area contributed by atoms with Crippen LogP contribution in [0.3, 0.4) is 0 Å². The predicted molar refractivity (Wildman–Crippen MR) is 66.6 cm³/mol. The van der Waals surface area contributed by atoms with E-state index in [9.17, 15) is 9.59 Å². The second-order valence-electron chi connectivity index (χ2n) is 3.79. The van der Waals surface area contributed by atoms with Gasteiger partial charge in [-0.2, -0.15) is 0 Å². The molecule has 0 radical (unpaired) electrons. The van der Waals surface area contributed by atoms with Gasteiger partial charge < -0.3 is 15.8 Å². The molecule has 98 valence electrons. The molecule has 1 rings (SSSR count). The van der Waals surface area contributed by atoms with Gasteiger partial charge in [0.25, 0.3) is 0 Å². The highest BCUT2D eigenvalue weighted by Crippen LogP contribution is 2.01. The van der Waals surface area contributed by atoms with Crippen molar-refractivity contribution in [2.24, 2.45) is 0 Å². The minimum atomic E-state index is -0.274. The van der Waals surface area contributed by atoms with Crippen LogP contribution >= 0.6 is 0 Å². The minimum Gasteiger partial charge on any atom is -0.469 e. The van der Waals surface area contributed by atoms with E-state index in [1.165, 1.54) is 13.3 Å². The summed E-state index contributed by atoms with van der Waals surface area (Å²) in [4.78, 5) is 26.4. The average molecular weight is 251 g/mol. The van der Waals surface area contributed by atoms with Crippen LogP contribution in [-0.2, 0) is 20.7 Å². The molecule has 0 bridgehead atoms. The summed E-state index contributed by atoms with van der Waals surface area (Å²) in [7, 11) is 1.34. The second-order valence-corrected chi connectivity index (χ2v) is 3.79. The Bertz CT molecular complexity index is 404. The topological polar surface area (TPSA) is 94.3 Å². The number of aromatic nitrogens is 1. The Morgan fingerprint density at radius 2 is 2.22 bits per heavy atom. The van der Waals surface area contributed by atoms with Crippen LogP contribution in [0.25, 0.3) is 0 Å². The molecule has 3 N–H and O–H groups in total. The first-order chi connectivity index (χ1) is 8.61. The molecule has 0 aliphatic carbocycles. The third kappa shape index (κ3) is 5.29. The van der Waals surface area contributed by atoms with Crippen molar-refractivity contribution in [2.45, 2.75) is 19.3 Å². The van der Waals surface area contributed by atoms with E-state index in [-0.39, 0.29) is 18.3 Å². The van der Waals surface area contributed by atoms with Crippen molar-refractivity contribution < 1.29 is 14.3 Å². The Balaban J connectivity index is 2.21. The molecular formula is C12H17N3O3. The van der Waals surface area contributed by atoms with E-state index >= 15 is 0 Å². The largest absolute Gasteiger partial charge is 0.469 e. The number of esters is 1. The van der Waals surface area contributed by atoms with Gasteiger partial charge in [-0.3, -0.25) is 14.6 Å². The van der Waals surface area contributed by atoms with Gasteiger partial charge in [0.05, 0.1) is 25.4 Å². The van der Waals surface area contributed by atoms with E-state index in [1.807, 2.05) is 0 Å². The number of rotatable bonds is 6. The molecular weight excluding hydrogens is 234 g/mol. The summed E-state index contributed by atoms with van der Waals surface area (Å²) in [6, 6.07) is 3.41. The zero-order chi connectivity index (χ0) is 13.4. The number of anilines is 1. The van der Waals surface area contributed by atoms with Gasteiger partial charge in [-0.25, -0.2) is 0 Å². The molecule has 0 spiro atoms. The lowest BCUT2D eigenvalue weighted by molar-refractivity contribution is -0.140. The van der Waals surface area contributed by atoms with Crippen molar-refractivity contribution in [1.82, 2.24) is 10.3 Å². The van der Waals surface area contributed by atoms with Crippen LogP contribution in [0.15, 0.2) is 18.3 Å². The summed E-state index contributed by atoms with van der Waals surface area (Å²) in [5.41, 5.74) is 6.72. The lowest BCUT2D eigenvalue weighted by Crippen LogP contribution is -2.26. The van der Waals surface area contributed by atoms with Crippen molar-refractivity contribution in [3.8, 4) is 0 Å². The van der Waals surface area contributed by atoms with Crippen LogP contribution in [0, 0.1) is 0 Å². The number of nitrogens with zero attached hydrogens (tertiary/aromatic N) is 1. The normalized spacial score (nSPS) is 9.83. The Morgan fingerprint density at radius 3 is 2.83 bits per heavy atom. The summed E-state index contributed by atoms with van der Waals surface area (Å²) in [5.74, 6) is -0.401. The van der Waals surface area contributed by atoms with Gasteiger partial charge in [0, 0.05) is 18.7 Å². The van der Waals surface area contributed by atoms with Gasteiger partial charge in [-0.05, 0) is 18.6 Å². The first-order valence-corrected chi connectivity index (χ1v) is 5.65. The average Bonchev–Trinajstić information content (AvgIpc) is 2.37. The monoisotopic (exact) mass is 251 g/mol. The van der Waals surface area contributed by atoms with Crippen LogP contribution in [0.1, 0.15) is 18.5 Å². The van der Waals surface area contributed by atoms with Gasteiger partial charge in [-0.1, -0.05) is 0 Å². The molecule has 6 heteroatoms. The molecule has 0 aromatic carbocycles. The smallest absolute Gasteiger partial charge is 0.305 e. The van der Waals surface area contributed by atoms with Gasteiger partial charge >= 0.3 is 5.97 Å². The number of methoxy groups -OCH3 is 1. The fourth-order valence-corrected chi connectivity index (χ4v) is 1.33.